The second-order valence-corrected chi connectivity index (χ2v) is 18.3. The van der Waals surface area contributed by atoms with Gasteiger partial charge in [0.25, 0.3) is 23.6 Å². The lowest BCUT2D eigenvalue weighted by atomic mass is 10.1. The molecule has 0 fully saturated rings. The molecule has 0 aliphatic carbocycles. The van der Waals surface area contributed by atoms with Crippen LogP contribution in [-0.2, 0) is 19.2 Å². The first kappa shape index (κ1) is 66.1. The number of hydrogen-bond acceptors (Lipinski definition) is 16. The molecule has 0 saturated carbocycles. The molecular formula is C54H74N18O12. The highest BCUT2D eigenvalue weighted by Gasteiger charge is 2.29. The standard InChI is InChI=1S/C54H74N18O12/c1-29(73)66-30-12-16-42(82-3)35(25-30)46(75)70-39(10-7-22-64-53(58)59)50(79)68-32-14-18-44(84-5)37(27-32)48(77)72-40(11-8-23-65-54(60)61)51(80)69-33-15-19-43(83-4)36(28-33)47(76)71-38(9-6-21-63-52(56)57)49(78)67-31-13-17-41(81-2)34(26-31)45(74)62-24-20-55/h12-19,25-28,38-40H,6-11,20-24,55H2,1-5H3,(H,62,74)(H,66,73)(H,67,78)(H,68,79)(H,69,80)(H,70,75)(H,71,76)(H,72,77)(H4,56,57,63)(H4,58,59,64)(H4,60,61,65)/t38-,39-,40-/m1/s1. The summed E-state index contributed by atoms with van der Waals surface area (Å²) in [6, 6.07) is 13.4. The van der Waals surface area contributed by atoms with Gasteiger partial charge in [-0.15, -0.1) is 0 Å². The number of guanidine groups is 3. The summed E-state index contributed by atoms with van der Waals surface area (Å²) in [5, 5.41) is 21.6. The number of nitrogens with two attached hydrogens (primary N) is 7. The molecular weight excluding hydrogens is 1090 g/mol. The van der Waals surface area contributed by atoms with Crippen molar-refractivity contribution in [1.29, 1.82) is 0 Å². The minimum atomic E-state index is -1.30. The highest BCUT2D eigenvalue weighted by atomic mass is 16.5. The van der Waals surface area contributed by atoms with Crippen molar-refractivity contribution in [2.45, 2.75) is 63.6 Å². The Morgan fingerprint density at radius 3 is 0.952 bits per heavy atom. The summed E-state index contributed by atoms with van der Waals surface area (Å²) >= 11 is 0. The van der Waals surface area contributed by atoms with Crippen LogP contribution < -0.4 is 102 Å². The molecule has 22 N–H and O–H groups in total. The minimum absolute atomic E-state index is 0.0117. The van der Waals surface area contributed by atoms with Crippen molar-refractivity contribution in [1.82, 2.24) is 21.3 Å². The van der Waals surface area contributed by atoms with Gasteiger partial charge >= 0.3 is 0 Å². The van der Waals surface area contributed by atoms with Crippen molar-refractivity contribution in [3.63, 3.8) is 0 Å². The van der Waals surface area contributed by atoms with Crippen LogP contribution in [-0.4, -0.2) is 144 Å². The first-order chi connectivity index (χ1) is 40.1. The lowest BCUT2D eigenvalue weighted by molar-refractivity contribution is -0.118. The van der Waals surface area contributed by atoms with Crippen LogP contribution in [0.1, 0.15) is 86.9 Å². The van der Waals surface area contributed by atoms with E-state index in [0.717, 1.165) is 0 Å². The van der Waals surface area contributed by atoms with Gasteiger partial charge < -0.3 is 102 Å². The Hall–Kier alpha value is -10.4. The largest absolute Gasteiger partial charge is 0.496 e. The number of hydrogen-bond donors (Lipinski definition) is 15. The molecule has 0 aliphatic heterocycles. The predicted molar refractivity (Wildman–Crippen MR) is 317 cm³/mol. The third kappa shape index (κ3) is 20.9. The van der Waals surface area contributed by atoms with Gasteiger partial charge in [0.15, 0.2) is 17.9 Å². The van der Waals surface area contributed by atoms with Crippen molar-refractivity contribution in [3.8, 4) is 23.0 Å². The number of anilines is 4. The number of nitrogens with zero attached hydrogens (tertiary/aromatic N) is 3. The molecule has 0 aliphatic rings. The Kier molecular flexibility index (Phi) is 26.3. The van der Waals surface area contributed by atoms with E-state index in [1.165, 1.54) is 108 Å². The van der Waals surface area contributed by atoms with Crippen LogP contribution in [0.4, 0.5) is 22.7 Å². The molecule has 3 atom stereocenters. The Morgan fingerprint density at radius 1 is 0.429 bits per heavy atom. The van der Waals surface area contributed by atoms with E-state index in [-0.39, 0.29) is 157 Å². The summed E-state index contributed by atoms with van der Waals surface area (Å²) in [6.07, 6.45) is 0.700. The Labute approximate surface area is 484 Å². The molecule has 0 unspecified atom stereocenters. The average molecular weight is 1170 g/mol. The first-order valence-corrected chi connectivity index (χ1v) is 26.1. The first-order valence-electron chi connectivity index (χ1n) is 26.1. The second-order valence-electron chi connectivity index (χ2n) is 18.3. The number of carbonyl (C=O) groups excluding carboxylic acids is 8. The smallest absolute Gasteiger partial charge is 0.255 e. The number of carbonyl (C=O) groups is 8. The zero-order valence-corrected chi connectivity index (χ0v) is 47.2. The number of amides is 8. The third-order valence-corrected chi connectivity index (χ3v) is 12.0. The molecule has 0 spiro atoms. The lowest BCUT2D eigenvalue weighted by Crippen LogP contribution is -2.44. The lowest BCUT2D eigenvalue weighted by Gasteiger charge is -2.21. The molecule has 84 heavy (non-hydrogen) atoms. The number of ether oxygens (including phenoxy) is 4. The van der Waals surface area contributed by atoms with Crippen LogP contribution in [0.15, 0.2) is 87.8 Å². The molecule has 30 nitrogen and oxygen atoms in total. The maximum Gasteiger partial charge on any atom is 0.255 e. The Balaban J connectivity index is 1.62. The van der Waals surface area contributed by atoms with Gasteiger partial charge in [-0.3, -0.25) is 53.3 Å². The van der Waals surface area contributed by atoms with Gasteiger partial charge in [-0.25, -0.2) is 0 Å². The summed E-state index contributed by atoms with van der Waals surface area (Å²) in [4.78, 5) is 121. The summed E-state index contributed by atoms with van der Waals surface area (Å²) in [5.74, 6) is -5.41. The summed E-state index contributed by atoms with van der Waals surface area (Å²) in [5.41, 5.74) is 39.3. The van der Waals surface area contributed by atoms with Crippen LogP contribution in [0.2, 0.25) is 0 Å². The number of aliphatic imine (C=N–C) groups is 3. The summed E-state index contributed by atoms with van der Waals surface area (Å²) < 4.78 is 21.8. The monoisotopic (exact) mass is 1170 g/mol. The molecule has 4 aromatic carbocycles. The molecule has 0 heterocycles. The quantitative estimate of drug-likeness (QED) is 0.0170. The fourth-order valence-electron chi connectivity index (χ4n) is 8.05. The molecule has 0 saturated heterocycles. The number of nitrogens with one attached hydrogen (secondary N) is 8. The number of rotatable bonds is 32. The van der Waals surface area contributed by atoms with Crippen LogP contribution in [0.25, 0.3) is 0 Å². The molecule has 8 amide bonds. The Bertz CT molecular complexity index is 3090. The highest BCUT2D eigenvalue weighted by Crippen LogP contribution is 2.28. The van der Waals surface area contributed by atoms with Crippen LogP contribution in [0.3, 0.4) is 0 Å². The molecule has 0 bridgehead atoms. The van der Waals surface area contributed by atoms with Crippen molar-refractivity contribution in [2.24, 2.45) is 55.1 Å². The van der Waals surface area contributed by atoms with E-state index < -0.39 is 59.5 Å². The fraction of sp³-hybridized carbons (Fsp3) is 0.352. The average Bonchev–Trinajstić information content (AvgIpc) is 3.63. The number of benzene rings is 4. The van der Waals surface area contributed by atoms with Gasteiger partial charge in [0, 0.05) is 62.4 Å². The highest BCUT2D eigenvalue weighted by molar-refractivity contribution is 6.07. The normalized spacial score (nSPS) is 11.5. The fourth-order valence-corrected chi connectivity index (χ4v) is 8.05. The molecule has 0 aromatic heterocycles. The third-order valence-electron chi connectivity index (χ3n) is 12.0. The van der Waals surface area contributed by atoms with Gasteiger partial charge in [-0.2, -0.15) is 0 Å². The maximum atomic E-state index is 14.3. The molecule has 452 valence electrons. The molecule has 0 radical (unpaired) electrons. The van der Waals surface area contributed by atoms with Gasteiger partial charge in [-0.05, 0) is 111 Å². The van der Waals surface area contributed by atoms with Crippen LogP contribution >= 0.6 is 0 Å². The Morgan fingerprint density at radius 2 is 0.702 bits per heavy atom. The molecule has 30 heteroatoms. The van der Waals surface area contributed by atoms with Gasteiger partial charge in [-0.1, -0.05) is 0 Å². The summed E-state index contributed by atoms with van der Waals surface area (Å²) in [7, 11) is 5.36. The topological polar surface area (TPSA) is 489 Å². The van der Waals surface area contributed by atoms with E-state index in [1.807, 2.05) is 0 Å². The molecule has 4 aromatic rings. The van der Waals surface area contributed by atoms with Gasteiger partial charge in [0.1, 0.15) is 41.1 Å². The predicted octanol–water partition coefficient (Wildman–Crippen LogP) is -0.260. The van der Waals surface area contributed by atoms with Crippen molar-refractivity contribution in [3.05, 3.63) is 95.1 Å². The van der Waals surface area contributed by atoms with Crippen molar-refractivity contribution in [2.75, 3.05) is 82.4 Å². The van der Waals surface area contributed by atoms with E-state index >= 15 is 0 Å². The summed E-state index contributed by atoms with van der Waals surface area (Å²) in [6.45, 7) is 1.97. The molecule has 4 rings (SSSR count). The van der Waals surface area contributed by atoms with Crippen molar-refractivity contribution >= 4 is 87.9 Å². The minimum Gasteiger partial charge on any atom is -0.496 e. The number of methoxy groups -OCH3 is 4. The van der Waals surface area contributed by atoms with E-state index in [4.69, 9.17) is 59.1 Å². The zero-order valence-electron chi connectivity index (χ0n) is 47.2. The van der Waals surface area contributed by atoms with Crippen molar-refractivity contribution < 1.29 is 57.3 Å². The van der Waals surface area contributed by atoms with E-state index in [9.17, 15) is 38.4 Å². The van der Waals surface area contributed by atoms with Crippen LogP contribution in [0, 0.1) is 0 Å². The second kappa shape index (κ2) is 33.4. The van der Waals surface area contributed by atoms with Crippen LogP contribution in [0.5, 0.6) is 23.0 Å². The van der Waals surface area contributed by atoms with E-state index in [2.05, 4.69) is 57.5 Å². The van der Waals surface area contributed by atoms with E-state index in [0.29, 0.717) is 5.69 Å². The van der Waals surface area contributed by atoms with Gasteiger partial charge in [0.2, 0.25) is 23.6 Å². The van der Waals surface area contributed by atoms with E-state index in [1.54, 1.807) is 0 Å². The zero-order chi connectivity index (χ0) is 61.9. The SMILES string of the molecule is COc1ccc(NC(=O)[C@@H](CCCN=C(N)N)NC(=O)c2cc(NC(=O)[C@@H](CCCN=C(N)N)NC(=O)c3cc(NC(=O)[C@@H](CCCN=C(N)N)NC(=O)c4cc(NC(C)=O)ccc4OC)ccc3OC)ccc2OC)cc1C(=O)NCCN. The van der Waals surface area contributed by atoms with Gasteiger partial charge in [0.05, 0.1) is 50.7 Å². The maximum absolute atomic E-state index is 14.3.